The first-order valence-corrected chi connectivity index (χ1v) is 10.4. The lowest BCUT2D eigenvalue weighted by Crippen LogP contribution is -2.37. The maximum atomic E-state index is 12.8. The summed E-state index contributed by atoms with van der Waals surface area (Å²) >= 11 is 0. The van der Waals surface area contributed by atoms with Crippen molar-refractivity contribution in [1.29, 1.82) is 0 Å². The Bertz CT molecular complexity index is 1070. The predicted octanol–water partition coefficient (Wildman–Crippen LogP) is 3.66. The first kappa shape index (κ1) is 20.7. The van der Waals surface area contributed by atoms with Crippen molar-refractivity contribution in [3.8, 4) is 5.69 Å². The van der Waals surface area contributed by atoms with E-state index in [1.807, 2.05) is 0 Å². The fraction of sp³-hybridized carbons (Fsp3) is 0.304. The summed E-state index contributed by atoms with van der Waals surface area (Å²) in [5.74, 6) is -0.263. The van der Waals surface area contributed by atoms with E-state index in [1.165, 1.54) is 40.8 Å². The highest BCUT2D eigenvalue weighted by atomic mass is 16.6. The largest absolute Gasteiger partial charge is 0.349 e. The number of non-ortho nitro benzene ring substituents is 1. The minimum Gasteiger partial charge on any atom is -0.349 e. The molecule has 160 valence electrons. The number of benzene rings is 2. The smallest absolute Gasteiger partial charge is 0.271 e. The lowest BCUT2D eigenvalue weighted by molar-refractivity contribution is -0.384. The molecular formula is C23H25N5O3. The van der Waals surface area contributed by atoms with Crippen molar-refractivity contribution >= 4 is 11.6 Å². The number of rotatable bonds is 7. The average molecular weight is 419 g/mol. The molecule has 0 aliphatic carbocycles. The van der Waals surface area contributed by atoms with Crippen LogP contribution in [0.5, 0.6) is 0 Å². The molecule has 1 amide bonds. The molecule has 8 nitrogen and oxygen atoms in total. The molecule has 0 saturated carbocycles. The van der Waals surface area contributed by atoms with Gasteiger partial charge in [0.1, 0.15) is 0 Å². The van der Waals surface area contributed by atoms with Crippen LogP contribution in [-0.4, -0.2) is 45.1 Å². The fourth-order valence-corrected chi connectivity index (χ4v) is 3.92. The van der Waals surface area contributed by atoms with Crippen molar-refractivity contribution < 1.29 is 9.72 Å². The molecule has 1 aliphatic rings. The van der Waals surface area contributed by atoms with Crippen LogP contribution < -0.4 is 5.32 Å². The number of nitro groups is 1. The third-order valence-corrected chi connectivity index (χ3v) is 5.63. The van der Waals surface area contributed by atoms with E-state index in [4.69, 9.17) is 0 Å². The van der Waals surface area contributed by atoms with E-state index in [1.54, 1.807) is 24.4 Å². The van der Waals surface area contributed by atoms with E-state index in [-0.39, 0.29) is 23.3 Å². The lowest BCUT2D eigenvalue weighted by atomic mass is 10.0. The van der Waals surface area contributed by atoms with Crippen LogP contribution in [0.25, 0.3) is 5.69 Å². The summed E-state index contributed by atoms with van der Waals surface area (Å²) in [6.07, 6.45) is 3.97. The van der Waals surface area contributed by atoms with Crippen molar-refractivity contribution in [1.82, 2.24) is 20.0 Å². The number of aromatic nitrogens is 2. The van der Waals surface area contributed by atoms with Gasteiger partial charge in [-0.05, 0) is 50.6 Å². The summed E-state index contributed by atoms with van der Waals surface area (Å²) in [6, 6.07) is 16.3. The zero-order valence-corrected chi connectivity index (χ0v) is 17.4. The number of hydrogen-bond acceptors (Lipinski definition) is 5. The van der Waals surface area contributed by atoms with Crippen molar-refractivity contribution in [2.24, 2.45) is 0 Å². The van der Waals surface area contributed by atoms with E-state index in [0.717, 1.165) is 13.1 Å². The molecule has 2 heterocycles. The van der Waals surface area contributed by atoms with Crippen molar-refractivity contribution in [3.05, 3.63) is 87.7 Å². The summed E-state index contributed by atoms with van der Waals surface area (Å²) in [7, 11) is 0. The van der Waals surface area contributed by atoms with Crippen molar-refractivity contribution in [2.75, 3.05) is 19.6 Å². The molecule has 31 heavy (non-hydrogen) atoms. The molecule has 1 unspecified atom stereocenters. The standard InChI is InChI=1S/C23H25N5O3/c1-17-7-9-18(10-8-17)22(26-12-2-3-13-26)16-24-23(29)21-11-14-27(25-21)19-5-4-6-20(15-19)28(30)31/h4-11,14-15,22H,2-3,12-13,16H2,1H3,(H,24,29). The number of nitrogens with zero attached hydrogens (tertiary/aromatic N) is 4. The Labute approximate surface area is 180 Å². The Morgan fingerprint density at radius 2 is 1.90 bits per heavy atom. The van der Waals surface area contributed by atoms with E-state index >= 15 is 0 Å². The normalized spacial score (nSPS) is 15.0. The number of carbonyl (C=O) groups is 1. The molecule has 0 spiro atoms. The molecule has 0 bridgehead atoms. The van der Waals surface area contributed by atoms with Crippen LogP contribution in [0.2, 0.25) is 0 Å². The van der Waals surface area contributed by atoms with E-state index in [2.05, 4.69) is 46.5 Å². The van der Waals surface area contributed by atoms with E-state index in [0.29, 0.717) is 12.2 Å². The number of likely N-dealkylation sites (tertiary alicyclic amines) is 1. The van der Waals surface area contributed by atoms with Gasteiger partial charge < -0.3 is 5.32 Å². The zero-order valence-electron chi connectivity index (χ0n) is 17.4. The number of nitro benzene ring substituents is 1. The Balaban J connectivity index is 1.46. The second kappa shape index (κ2) is 9.09. The maximum absolute atomic E-state index is 12.8. The molecular weight excluding hydrogens is 394 g/mol. The molecule has 1 aliphatic heterocycles. The number of hydrogen-bond donors (Lipinski definition) is 1. The molecule has 1 atom stereocenters. The molecule has 1 fully saturated rings. The van der Waals surface area contributed by atoms with Crippen LogP contribution in [0.1, 0.15) is 40.5 Å². The summed E-state index contributed by atoms with van der Waals surface area (Å²) in [6.45, 7) is 4.60. The summed E-state index contributed by atoms with van der Waals surface area (Å²) < 4.78 is 1.47. The van der Waals surface area contributed by atoms with Gasteiger partial charge in [-0.15, -0.1) is 0 Å². The van der Waals surface area contributed by atoms with Crippen LogP contribution in [0.15, 0.2) is 60.8 Å². The van der Waals surface area contributed by atoms with E-state index < -0.39 is 4.92 Å². The summed E-state index contributed by atoms with van der Waals surface area (Å²) in [4.78, 5) is 25.7. The highest BCUT2D eigenvalue weighted by Crippen LogP contribution is 2.25. The van der Waals surface area contributed by atoms with E-state index in [9.17, 15) is 14.9 Å². The highest BCUT2D eigenvalue weighted by molar-refractivity contribution is 5.92. The van der Waals surface area contributed by atoms with Crippen LogP contribution in [-0.2, 0) is 0 Å². The van der Waals surface area contributed by atoms with Gasteiger partial charge in [0.05, 0.1) is 16.7 Å². The first-order valence-electron chi connectivity index (χ1n) is 10.4. The quantitative estimate of drug-likeness (QED) is 0.466. The molecule has 1 N–H and O–H groups in total. The second-order valence-corrected chi connectivity index (χ2v) is 7.80. The average Bonchev–Trinajstić information content (AvgIpc) is 3.48. The Morgan fingerprint density at radius 1 is 1.16 bits per heavy atom. The predicted molar refractivity (Wildman–Crippen MR) is 117 cm³/mol. The topological polar surface area (TPSA) is 93.3 Å². The maximum Gasteiger partial charge on any atom is 0.271 e. The Hall–Kier alpha value is -3.52. The molecule has 4 rings (SSSR count). The van der Waals surface area contributed by atoms with Crippen LogP contribution in [0.3, 0.4) is 0 Å². The summed E-state index contributed by atoms with van der Waals surface area (Å²) in [5, 5.41) is 18.3. The zero-order chi connectivity index (χ0) is 21.8. The van der Waals surface area contributed by atoms with Crippen LogP contribution in [0.4, 0.5) is 5.69 Å². The summed E-state index contributed by atoms with van der Waals surface area (Å²) in [5.41, 5.74) is 3.18. The van der Waals surface area contributed by atoms with Gasteiger partial charge in [0, 0.05) is 24.9 Å². The number of amides is 1. The second-order valence-electron chi connectivity index (χ2n) is 7.80. The van der Waals surface area contributed by atoms with Gasteiger partial charge in [-0.3, -0.25) is 19.8 Å². The van der Waals surface area contributed by atoms with Gasteiger partial charge in [-0.1, -0.05) is 35.9 Å². The number of nitrogens with one attached hydrogen (secondary N) is 1. The monoisotopic (exact) mass is 419 g/mol. The third-order valence-electron chi connectivity index (χ3n) is 5.63. The molecule has 8 heteroatoms. The molecule has 2 aromatic carbocycles. The van der Waals surface area contributed by atoms with Gasteiger partial charge in [-0.25, -0.2) is 4.68 Å². The minimum absolute atomic E-state index is 0.0226. The first-order chi connectivity index (χ1) is 15.0. The SMILES string of the molecule is Cc1ccc(C(CNC(=O)c2ccn(-c3cccc([N+](=O)[O-])c3)n2)N2CCCC2)cc1. The number of aryl methyl sites for hydroxylation is 1. The van der Waals surface area contributed by atoms with Crippen LogP contribution in [0, 0.1) is 17.0 Å². The highest BCUT2D eigenvalue weighted by Gasteiger charge is 2.24. The van der Waals surface area contributed by atoms with Gasteiger partial charge in [0.25, 0.3) is 11.6 Å². The van der Waals surface area contributed by atoms with Gasteiger partial charge in [0.15, 0.2) is 5.69 Å². The molecule has 0 radical (unpaired) electrons. The van der Waals surface area contributed by atoms with Gasteiger partial charge in [-0.2, -0.15) is 5.10 Å². The molecule has 1 aromatic heterocycles. The minimum atomic E-state index is -0.454. The van der Waals surface area contributed by atoms with Crippen molar-refractivity contribution in [3.63, 3.8) is 0 Å². The Kier molecular flexibility index (Phi) is 6.08. The fourth-order valence-electron chi connectivity index (χ4n) is 3.92. The third kappa shape index (κ3) is 4.80. The van der Waals surface area contributed by atoms with Crippen molar-refractivity contribution in [2.45, 2.75) is 25.8 Å². The molecule has 1 saturated heterocycles. The molecule has 3 aromatic rings. The van der Waals surface area contributed by atoms with Gasteiger partial charge in [0.2, 0.25) is 0 Å². The number of carbonyl (C=O) groups excluding carboxylic acids is 1. The van der Waals surface area contributed by atoms with Crippen LogP contribution >= 0.6 is 0 Å². The van der Waals surface area contributed by atoms with Gasteiger partial charge >= 0.3 is 0 Å². The Morgan fingerprint density at radius 3 is 2.61 bits per heavy atom. The lowest BCUT2D eigenvalue weighted by Gasteiger charge is -2.28.